The zero-order chi connectivity index (χ0) is 27.0. The minimum Gasteiger partial charge on any atom is -0.334 e. The van der Waals surface area contributed by atoms with Crippen LogP contribution in [0.25, 0.3) is 10.2 Å². The van der Waals surface area contributed by atoms with Gasteiger partial charge in [-0.05, 0) is 66.8 Å². The third kappa shape index (κ3) is 5.13. The zero-order valence-corrected chi connectivity index (χ0v) is 21.8. The standard InChI is InChI=1S/C28H27F3N4O2S/c1-18-5-3-4-6-21(18)17-35-24(15-20-11-14-38-26(20)35)25(36)33-12-13-34(19(2)16-33)27(37)32-23-9-7-22(8-10-23)28(29,30)31/h3-11,14-15,19H,12-13,16-17H2,1-2H3,(H,32,37). The maximum absolute atomic E-state index is 13.7. The van der Waals surface area contributed by atoms with Crippen molar-refractivity contribution in [1.29, 1.82) is 0 Å². The van der Waals surface area contributed by atoms with E-state index in [4.69, 9.17) is 0 Å². The van der Waals surface area contributed by atoms with Crippen LogP contribution >= 0.6 is 11.3 Å². The second kappa shape index (κ2) is 10.2. The molecule has 4 aromatic rings. The second-order valence-electron chi connectivity index (χ2n) is 9.52. The molecular weight excluding hydrogens is 513 g/mol. The van der Waals surface area contributed by atoms with Crippen molar-refractivity contribution in [3.05, 3.63) is 88.4 Å². The number of carbonyl (C=O) groups is 2. The summed E-state index contributed by atoms with van der Waals surface area (Å²) in [5.74, 6) is -0.0865. The first-order valence-electron chi connectivity index (χ1n) is 12.3. The minimum absolute atomic E-state index is 0.0865. The Hall–Kier alpha value is -3.79. The number of halogens is 3. The van der Waals surface area contributed by atoms with Gasteiger partial charge in [-0.1, -0.05) is 24.3 Å². The van der Waals surface area contributed by atoms with E-state index in [-0.39, 0.29) is 17.6 Å². The fourth-order valence-electron chi connectivity index (χ4n) is 4.81. The van der Waals surface area contributed by atoms with Gasteiger partial charge in [0.15, 0.2) is 0 Å². The Balaban J connectivity index is 1.28. The molecule has 1 atom stereocenters. The quantitative estimate of drug-likeness (QED) is 0.323. The zero-order valence-electron chi connectivity index (χ0n) is 21.0. The van der Waals surface area contributed by atoms with Gasteiger partial charge in [0.05, 0.1) is 5.56 Å². The van der Waals surface area contributed by atoms with Gasteiger partial charge >= 0.3 is 12.2 Å². The highest BCUT2D eigenvalue weighted by Gasteiger charge is 2.33. The number of piperazine rings is 1. The summed E-state index contributed by atoms with van der Waals surface area (Å²) in [6.45, 7) is 5.52. The predicted molar refractivity (Wildman–Crippen MR) is 143 cm³/mol. The Bertz CT molecular complexity index is 1480. The van der Waals surface area contributed by atoms with E-state index in [0.29, 0.717) is 31.9 Å². The van der Waals surface area contributed by atoms with E-state index in [0.717, 1.165) is 33.5 Å². The van der Waals surface area contributed by atoms with E-state index < -0.39 is 17.8 Å². The van der Waals surface area contributed by atoms with Crippen molar-refractivity contribution in [1.82, 2.24) is 14.4 Å². The van der Waals surface area contributed by atoms with Gasteiger partial charge in [0, 0.05) is 43.3 Å². The summed E-state index contributed by atoms with van der Waals surface area (Å²) in [6, 6.07) is 15.7. The number of aromatic nitrogens is 1. The van der Waals surface area contributed by atoms with Crippen molar-refractivity contribution in [2.75, 3.05) is 25.0 Å². The number of nitrogens with one attached hydrogen (secondary N) is 1. The first kappa shape index (κ1) is 25.8. The highest BCUT2D eigenvalue weighted by molar-refractivity contribution is 7.16. The lowest BCUT2D eigenvalue weighted by Gasteiger charge is -2.39. The summed E-state index contributed by atoms with van der Waals surface area (Å²) in [7, 11) is 0. The van der Waals surface area contributed by atoms with Crippen LogP contribution in [0.4, 0.5) is 23.7 Å². The largest absolute Gasteiger partial charge is 0.416 e. The molecule has 38 heavy (non-hydrogen) atoms. The SMILES string of the molecule is Cc1ccccc1Cn1c(C(=O)N2CCN(C(=O)Nc3ccc(C(F)(F)F)cc3)C(C)C2)cc2ccsc21. The van der Waals surface area contributed by atoms with Crippen molar-refractivity contribution >= 4 is 39.2 Å². The molecule has 3 amide bonds. The van der Waals surface area contributed by atoms with Crippen molar-refractivity contribution < 1.29 is 22.8 Å². The fourth-order valence-corrected chi connectivity index (χ4v) is 5.71. The Morgan fingerprint density at radius 1 is 1.05 bits per heavy atom. The molecule has 5 rings (SSSR count). The molecule has 1 N–H and O–H groups in total. The molecule has 198 valence electrons. The van der Waals surface area contributed by atoms with Gasteiger partial charge in [0.2, 0.25) is 0 Å². The number of benzene rings is 2. The van der Waals surface area contributed by atoms with Crippen LogP contribution in [0.3, 0.4) is 0 Å². The molecule has 1 aliphatic heterocycles. The van der Waals surface area contributed by atoms with Gasteiger partial charge in [-0.25, -0.2) is 4.79 Å². The minimum atomic E-state index is -4.44. The molecule has 0 bridgehead atoms. The van der Waals surface area contributed by atoms with E-state index in [1.165, 1.54) is 12.1 Å². The van der Waals surface area contributed by atoms with Gasteiger partial charge in [-0.2, -0.15) is 13.2 Å². The van der Waals surface area contributed by atoms with Crippen molar-refractivity contribution in [2.24, 2.45) is 0 Å². The summed E-state index contributed by atoms with van der Waals surface area (Å²) in [4.78, 5) is 31.0. The maximum Gasteiger partial charge on any atom is 0.416 e. The molecule has 10 heteroatoms. The van der Waals surface area contributed by atoms with Crippen LogP contribution in [-0.2, 0) is 12.7 Å². The van der Waals surface area contributed by atoms with Gasteiger partial charge in [0.25, 0.3) is 5.91 Å². The van der Waals surface area contributed by atoms with E-state index in [1.807, 2.05) is 36.6 Å². The average molecular weight is 541 g/mol. The van der Waals surface area contributed by atoms with Gasteiger partial charge in [-0.3, -0.25) is 4.79 Å². The molecule has 0 aliphatic carbocycles. The molecule has 0 saturated carbocycles. The van der Waals surface area contributed by atoms with Crippen LogP contribution in [-0.4, -0.2) is 52.0 Å². The van der Waals surface area contributed by atoms with Crippen LogP contribution < -0.4 is 5.32 Å². The third-order valence-electron chi connectivity index (χ3n) is 6.95. The number of thiophene rings is 1. The van der Waals surface area contributed by atoms with Gasteiger partial charge in [0.1, 0.15) is 10.5 Å². The Kier molecular flexibility index (Phi) is 6.92. The molecule has 1 fully saturated rings. The number of anilines is 1. The Morgan fingerprint density at radius 2 is 1.79 bits per heavy atom. The molecule has 0 radical (unpaired) electrons. The smallest absolute Gasteiger partial charge is 0.334 e. The summed E-state index contributed by atoms with van der Waals surface area (Å²) in [6.07, 6.45) is -4.44. The normalized spacial score (nSPS) is 16.2. The first-order chi connectivity index (χ1) is 18.1. The lowest BCUT2D eigenvalue weighted by atomic mass is 10.1. The van der Waals surface area contributed by atoms with E-state index >= 15 is 0 Å². The Labute approximate surface area is 222 Å². The van der Waals surface area contributed by atoms with E-state index in [9.17, 15) is 22.8 Å². The Morgan fingerprint density at radius 3 is 2.47 bits per heavy atom. The number of fused-ring (bicyclic) bond motifs is 1. The first-order valence-corrected chi connectivity index (χ1v) is 13.1. The highest BCUT2D eigenvalue weighted by Crippen LogP contribution is 2.30. The second-order valence-corrected chi connectivity index (χ2v) is 10.4. The van der Waals surface area contributed by atoms with Gasteiger partial charge in [-0.15, -0.1) is 11.3 Å². The lowest BCUT2D eigenvalue weighted by molar-refractivity contribution is -0.137. The highest BCUT2D eigenvalue weighted by atomic mass is 32.1. The topological polar surface area (TPSA) is 57.6 Å². The van der Waals surface area contributed by atoms with E-state index in [2.05, 4.69) is 28.9 Å². The van der Waals surface area contributed by atoms with Crippen LogP contribution in [0.5, 0.6) is 0 Å². The van der Waals surface area contributed by atoms with Crippen molar-refractivity contribution in [2.45, 2.75) is 32.6 Å². The maximum atomic E-state index is 13.7. The molecule has 6 nitrogen and oxygen atoms in total. The number of aryl methyl sites for hydroxylation is 1. The van der Waals surface area contributed by atoms with Crippen molar-refractivity contribution in [3.8, 4) is 0 Å². The summed E-state index contributed by atoms with van der Waals surface area (Å²) in [5.41, 5.74) is 2.42. The number of rotatable bonds is 4. The van der Waals surface area contributed by atoms with Crippen molar-refractivity contribution in [3.63, 3.8) is 0 Å². The van der Waals surface area contributed by atoms with E-state index in [1.54, 1.807) is 21.1 Å². The number of nitrogens with zero attached hydrogens (tertiary/aromatic N) is 3. The molecule has 0 spiro atoms. The van der Waals surface area contributed by atoms with Crippen LogP contribution in [0.1, 0.15) is 34.1 Å². The third-order valence-corrected chi connectivity index (χ3v) is 7.90. The number of amides is 3. The summed E-state index contributed by atoms with van der Waals surface area (Å²) >= 11 is 1.60. The van der Waals surface area contributed by atoms with Crippen LogP contribution in [0, 0.1) is 6.92 Å². The molecule has 2 aromatic heterocycles. The summed E-state index contributed by atoms with van der Waals surface area (Å²) in [5, 5.41) is 5.71. The summed E-state index contributed by atoms with van der Waals surface area (Å²) < 4.78 is 40.5. The molecule has 1 aliphatic rings. The fraction of sp³-hybridized carbons (Fsp3) is 0.286. The molecule has 1 unspecified atom stereocenters. The average Bonchev–Trinajstić information content (AvgIpc) is 3.47. The van der Waals surface area contributed by atoms with Gasteiger partial charge < -0.3 is 19.7 Å². The number of alkyl halides is 3. The molecule has 1 saturated heterocycles. The molecular formula is C28H27F3N4O2S. The van der Waals surface area contributed by atoms with Crippen LogP contribution in [0.2, 0.25) is 0 Å². The number of urea groups is 1. The number of hydrogen-bond donors (Lipinski definition) is 1. The molecule has 2 aromatic carbocycles. The number of hydrogen-bond acceptors (Lipinski definition) is 3. The molecule has 3 heterocycles. The predicted octanol–water partition coefficient (Wildman–Crippen LogP) is 6.46. The van der Waals surface area contributed by atoms with Crippen LogP contribution in [0.15, 0.2) is 66.0 Å². The lowest BCUT2D eigenvalue weighted by Crippen LogP contribution is -2.56. The monoisotopic (exact) mass is 540 g/mol. The number of carbonyl (C=O) groups excluding carboxylic acids is 2.